The van der Waals surface area contributed by atoms with Crippen molar-refractivity contribution in [2.24, 2.45) is 5.92 Å². The summed E-state index contributed by atoms with van der Waals surface area (Å²) in [5, 5.41) is 3.93. The van der Waals surface area contributed by atoms with E-state index >= 15 is 0 Å². The van der Waals surface area contributed by atoms with Crippen LogP contribution < -0.4 is 10.2 Å². The maximum atomic E-state index is 3.93. The Morgan fingerprint density at radius 3 is 2.67 bits per heavy atom. The van der Waals surface area contributed by atoms with Crippen LogP contribution in [0.2, 0.25) is 0 Å². The maximum absolute atomic E-state index is 3.93. The second-order valence-electron chi connectivity index (χ2n) is 7.14. The standard InChI is InChI=1S/C18H27BrN2/c1-14(2)17-12-20-18(9-4-3-5-10-18)13-21(17)16-8-6-7-15(19)11-16/h6-8,11,14,17,20H,3-5,9-10,12-13H2,1-2H3. The normalized spacial score (nSPS) is 25.5. The van der Waals surface area contributed by atoms with Gasteiger partial charge < -0.3 is 10.2 Å². The SMILES string of the molecule is CC(C)C1CNC2(CCCCC2)CN1c1cccc(Br)c1. The first kappa shape index (κ1) is 15.4. The monoisotopic (exact) mass is 350 g/mol. The second-order valence-corrected chi connectivity index (χ2v) is 8.06. The summed E-state index contributed by atoms with van der Waals surface area (Å²) in [6.45, 7) is 6.96. The molecule has 0 aromatic heterocycles. The number of nitrogens with zero attached hydrogens (tertiary/aromatic N) is 1. The van der Waals surface area contributed by atoms with Crippen LogP contribution in [0.5, 0.6) is 0 Å². The molecule has 2 fully saturated rings. The van der Waals surface area contributed by atoms with Crippen molar-refractivity contribution >= 4 is 21.6 Å². The summed E-state index contributed by atoms with van der Waals surface area (Å²) in [5.41, 5.74) is 1.72. The van der Waals surface area contributed by atoms with Gasteiger partial charge in [0.2, 0.25) is 0 Å². The second kappa shape index (κ2) is 6.29. The van der Waals surface area contributed by atoms with Crippen molar-refractivity contribution in [1.29, 1.82) is 0 Å². The van der Waals surface area contributed by atoms with Gasteiger partial charge in [-0.3, -0.25) is 0 Å². The van der Waals surface area contributed by atoms with E-state index in [4.69, 9.17) is 0 Å². The molecule has 1 aromatic carbocycles. The molecule has 2 aliphatic rings. The number of halogens is 1. The molecule has 1 unspecified atom stereocenters. The zero-order valence-electron chi connectivity index (χ0n) is 13.2. The topological polar surface area (TPSA) is 15.3 Å². The minimum absolute atomic E-state index is 0.353. The van der Waals surface area contributed by atoms with E-state index in [2.05, 4.69) is 64.3 Å². The Kier molecular flexibility index (Phi) is 4.60. The number of nitrogens with one attached hydrogen (secondary N) is 1. The van der Waals surface area contributed by atoms with E-state index in [1.54, 1.807) is 0 Å². The average molecular weight is 351 g/mol. The van der Waals surface area contributed by atoms with Crippen molar-refractivity contribution in [3.63, 3.8) is 0 Å². The van der Waals surface area contributed by atoms with Crippen molar-refractivity contribution < 1.29 is 0 Å². The van der Waals surface area contributed by atoms with Gasteiger partial charge in [-0.05, 0) is 37.0 Å². The Balaban J connectivity index is 1.87. The molecular formula is C18H27BrN2. The molecule has 1 atom stereocenters. The lowest BCUT2D eigenvalue weighted by molar-refractivity contribution is 0.184. The summed E-state index contributed by atoms with van der Waals surface area (Å²) in [6.07, 6.45) is 6.84. The van der Waals surface area contributed by atoms with Gasteiger partial charge in [-0.15, -0.1) is 0 Å². The molecular weight excluding hydrogens is 324 g/mol. The van der Waals surface area contributed by atoms with Crippen LogP contribution in [0.4, 0.5) is 5.69 Å². The van der Waals surface area contributed by atoms with E-state index in [0.717, 1.165) is 13.1 Å². The molecule has 116 valence electrons. The van der Waals surface area contributed by atoms with Crippen molar-refractivity contribution in [1.82, 2.24) is 5.32 Å². The lowest BCUT2D eigenvalue weighted by Gasteiger charge is -2.52. The highest BCUT2D eigenvalue weighted by Crippen LogP contribution is 2.35. The number of hydrogen-bond acceptors (Lipinski definition) is 2. The fourth-order valence-electron chi connectivity index (χ4n) is 4.03. The highest BCUT2D eigenvalue weighted by Gasteiger charge is 2.40. The van der Waals surface area contributed by atoms with Crippen LogP contribution in [-0.2, 0) is 0 Å². The number of piperazine rings is 1. The van der Waals surface area contributed by atoms with Gasteiger partial charge in [0.25, 0.3) is 0 Å². The zero-order chi connectivity index (χ0) is 14.9. The van der Waals surface area contributed by atoms with Gasteiger partial charge in [-0.2, -0.15) is 0 Å². The van der Waals surface area contributed by atoms with E-state index in [1.807, 2.05) is 0 Å². The molecule has 3 rings (SSSR count). The maximum Gasteiger partial charge on any atom is 0.0438 e. The van der Waals surface area contributed by atoms with Gasteiger partial charge in [0.05, 0.1) is 0 Å². The van der Waals surface area contributed by atoms with E-state index in [-0.39, 0.29) is 0 Å². The fraction of sp³-hybridized carbons (Fsp3) is 0.667. The Morgan fingerprint density at radius 1 is 1.24 bits per heavy atom. The first-order valence-corrected chi connectivity index (χ1v) is 9.16. The van der Waals surface area contributed by atoms with E-state index < -0.39 is 0 Å². The van der Waals surface area contributed by atoms with Gasteiger partial charge in [0, 0.05) is 34.8 Å². The van der Waals surface area contributed by atoms with E-state index in [9.17, 15) is 0 Å². The quantitative estimate of drug-likeness (QED) is 0.839. The Bertz CT molecular complexity index is 480. The minimum atomic E-state index is 0.353. The Hall–Kier alpha value is -0.540. The van der Waals surface area contributed by atoms with E-state index in [1.165, 1.54) is 42.3 Å². The summed E-state index contributed by atoms with van der Waals surface area (Å²) >= 11 is 3.63. The molecule has 1 heterocycles. The van der Waals surface area contributed by atoms with Gasteiger partial charge in [-0.1, -0.05) is 55.1 Å². The van der Waals surface area contributed by atoms with Crippen LogP contribution in [0, 0.1) is 5.92 Å². The van der Waals surface area contributed by atoms with Crippen LogP contribution >= 0.6 is 15.9 Å². The van der Waals surface area contributed by atoms with Crippen LogP contribution in [0.3, 0.4) is 0 Å². The summed E-state index contributed by atoms with van der Waals surface area (Å²) in [5.74, 6) is 0.664. The third-order valence-electron chi connectivity index (χ3n) is 5.28. The fourth-order valence-corrected chi connectivity index (χ4v) is 4.41. The smallest absolute Gasteiger partial charge is 0.0438 e. The summed E-state index contributed by atoms with van der Waals surface area (Å²) in [6, 6.07) is 9.41. The highest BCUT2D eigenvalue weighted by molar-refractivity contribution is 9.10. The molecule has 1 aliphatic heterocycles. The van der Waals surface area contributed by atoms with Gasteiger partial charge in [0.1, 0.15) is 0 Å². The first-order chi connectivity index (χ1) is 10.1. The van der Waals surface area contributed by atoms with Crippen LogP contribution in [-0.4, -0.2) is 24.7 Å². The Labute approximate surface area is 137 Å². The van der Waals surface area contributed by atoms with Gasteiger partial charge >= 0.3 is 0 Å². The van der Waals surface area contributed by atoms with Crippen LogP contribution in [0.25, 0.3) is 0 Å². The van der Waals surface area contributed by atoms with Crippen molar-refractivity contribution in [2.45, 2.75) is 57.5 Å². The molecule has 21 heavy (non-hydrogen) atoms. The number of hydrogen-bond donors (Lipinski definition) is 1. The molecule has 0 radical (unpaired) electrons. The molecule has 1 spiro atoms. The van der Waals surface area contributed by atoms with Crippen LogP contribution in [0.15, 0.2) is 28.7 Å². The van der Waals surface area contributed by atoms with E-state index in [0.29, 0.717) is 17.5 Å². The summed E-state index contributed by atoms with van der Waals surface area (Å²) in [7, 11) is 0. The molecule has 2 nitrogen and oxygen atoms in total. The Morgan fingerprint density at radius 2 is 2.00 bits per heavy atom. The molecule has 3 heteroatoms. The molecule has 1 aromatic rings. The summed E-state index contributed by atoms with van der Waals surface area (Å²) < 4.78 is 1.18. The molecule has 1 saturated heterocycles. The number of anilines is 1. The van der Waals surface area contributed by atoms with Crippen molar-refractivity contribution in [2.75, 3.05) is 18.0 Å². The third kappa shape index (κ3) is 3.29. The molecule has 1 aliphatic carbocycles. The first-order valence-electron chi connectivity index (χ1n) is 8.37. The van der Waals surface area contributed by atoms with Gasteiger partial charge in [-0.25, -0.2) is 0 Å². The predicted molar refractivity (Wildman–Crippen MR) is 93.9 cm³/mol. The third-order valence-corrected chi connectivity index (χ3v) is 5.77. The van der Waals surface area contributed by atoms with Crippen molar-refractivity contribution in [3.8, 4) is 0 Å². The predicted octanol–water partition coefficient (Wildman–Crippen LogP) is 4.59. The molecule has 0 amide bonds. The molecule has 1 saturated carbocycles. The van der Waals surface area contributed by atoms with Gasteiger partial charge in [0.15, 0.2) is 0 Å². The van der Waals surface area contributed by atoms with Crippen LogP contribution in [0.1, 0.15) is 46.0 Å². The summed E-state index contributed by atoms with van der Waals surface area (Å²) in [4.78, 5) is 2.66. The molecule has 0 bridgehead atoms. The lowest BCUT2D eigenvalue weighted by Crippen LogP contribution is -2.66. The average Bonchev–Trinajstić information content (AvgIpc) is 2.48. The zero-order valence-corrected chi connectivity index (χ0v) is 14.8. The molecule has 1 N–H and O–H groups in total. The largest absolute Gasteiger partial charge is 0.365 e. The minimum Gasteiger partial charge on any atom is -0.365 e. The van der Waals surface area contributed by atoms with Crippen molar-refractivity contribution in [3.05, 3.63) is 28.7 Å². The number of benzene rings is 1. The highest BCUT2D eigenvalue weighted by atomic mass is 79.9. The lowest BCUT2D eigenvalue weighted by atomic mass is 9.78. The number of rotatable bonds is 2.